The molecule has 2 aromatic carbocycles. The summed E-state index contributed by atoms with van der Waals surface area (Å²) in [5, 5.41) is 10.1. The molecule has 0 spiro atoms. The second-order valence-corrected chi connectivity index (χ2v) is 4.73. The fourth-order valence-electron chi connectivity index (χ4n) is 2.16. The van der Waals surface area contributed by atoms with Gasteiger partial charge in [0.25, 0.3) is 5.56 Å². The van der Waals surface area contributed by atoms with Gasteiger partial charge in [0, 0.05) is 0 Å². The van der Waals surface area contributed by atoms with Crippen molar-refractivity contribution in [1.29, 1.82) is 0 Å². The molecule has 0 saturated heterocycles. The van der Waals surface area contributed by atoms with Crippen LogP contribution in [0.3, 0.4) is 0 Å². The van der Waals surface area contributed by atoms with Crippen LogP contribution in [0.4, 0.5) is 0 Å². The zero-order valence-corrected chi connectivity index (χ0v) is 11.9. The number of methoxy groups -OCH3 is 1. The van der Waals surface area contributed by atoms with Gasteiger partial charge in [0.2, 0.25) is 0 Å². The van der Waals surface area contributed by atoms with Crippen LogP contribution in [0.15, 0.2) is 47.3 Å². The van der Waals surface area contributed by atoms with E-state index in [0.717, 1.165) is 5.56 Å². The molecule has 2 N–H and O–H groups in total. The van der Waals surface area contributed by atoms with Crippen molar-refractivity contribution < 1.29 is 9.84 Å². The average molecular weight is 294 g/mol. The third-order valence-electron chi connectivity index (χ3n) is 3.27. The molecule has 0 atom stereocenters. The third-order valence-corrected chi connectivity index (χ3v) is 3.27. The van der Waals surface area contributed by atoms with Crippen molar-refractivity contribution in [2.24, 2.45) is 0 Å². The van der Waals surface area contributed by atoms with Crippen molar-refractivity contribution in [3.63, 3.8) is 0 Å². The van der Waals surface area contributed by atoms with Gasteiger partial charge < -0.3 is 14.8 Å². The van der Waals surface area contributed by atoms with Gasteiger partial charge in [-0.1, -0.05) is 24.3 Å². The van der Waals surface area contributed by atoms with E-state index in [-0.39, 0.29) is 11.3 Å². The molecule has 0 fully saturated rings. The summed E-state index contributed by atoms with van der Waals surface area (Å²) >= 11 is 0. The standard InChI is InChI=1S/C17H14N2O3/c1-22-15-10-11(6-8-14(15)20)7-9-16-18-13-5-3-2-4-12(13)17(21)19-16/h2-10,20H,1H3,(H,18,19,21)/b9-7+. The van der Waals surface area contributed by atoms with Gasteiger partial charge in [0.15, 0.2) is 11.5 Å². The first-order chi connectivity index (χ1) is 10.7. The molecule has 3 aromatic rings. The van der Waals surface area contributed by atoms with E-state index in [1.165, 1.54) is 7.11 Å². The van der Waals surface area contributed by atoms with Gasteiger partial charge in [-0.3, -0.25) is 4.79 Å². The van der Waals surface area contributed by atoms with Crippen molar-refractivity contribution in [2.75, 3.05) is 7.11 Å². The van der Waals surface area contributed by atoms with E-state index in [9.17, 15) is 9.90 Å². The summed E-state index contributed by atoms with van der Waals surface area (Å²) in [6.45, 7) is 0. The Morgan fingerprint density at radius 1 is 1.18 bits per heavy atom. The van der Waals surface area contributed by atoms with Gasteiger partial charge in [-0.05, 0) is 35.9 Å². The first kappa shape index (κ1) is 13.9. The quantitative estimate of drug-likeness (QED) is 0.779. The average Bonchev–Trinajstić information content (AvgIpc) is 2.54. The minimum atomic E-state index is -0.173. The van der Waals surface area contributed by atoms with E-state index in [4.69, 9.17) is 4.74 Å². The SMILES string of the molecule is COc1cc(/C=C/c2nc3ccccc3c(=O)[nH]2)ccc1O. The third kappa shape index (κ3) is 2.69. The van der Waals surface area contributed by atoms with Gasteiger partial charge in [0.1, 0.15) is 5.82 Å². The van der Waals surface area contributed by atoms with E-state index in [1.807, 2.05) is 6.07 Å². The normalized spacial score (nSPS) is 11.1. The van der Waals surface area contributed by atoms with Gasteiger partial charge in [-0.15, -0.1) is 0 Å². The fraction of sp³-hybridized carbons (Fsp3) is 0.0588. The van der Waals surface area contributed by atoms with E-state index in [0.29, 0.717) is 22.5 Å². The molecule has 0 saturated carbocycles. The predicted octanol–water partition coefficient (Wildman–Crippen LogP) is 2.81. The molecule has 0 aliphatic carbocycles. The second kappa shape index (κ2) is 5.73. The number of rotatable bonds is 3. The Hall–Kier alpha value is -3.08. The summed E-state index contributed by atoms with van der Waals surface area (Å²) in [6.07, 6.45) is 3.49. The largest absolute Gasteiger partial charge is 0.504 e. The first-order valence-corrected chi connectivity index (χ1v) is 6.71. The van der Waals surface area contributed by atoms with E-state index < -0.39 is 0 Å². The van der Waals surface area contributed by atoms with Crippen LogP contribution in [0, 0.1) is 0 Å². The molecule has 0 amide bonds. The number of nitrogens with zero attached hydrogens (tertiary/aromatic N) is 1. The number of phenols is 1. The molecule has 0 unspecified atom stereocenters. The lowest BCUT2D eigenvalue weighted by molar-refractivity contribution is 0.373. The maximum Gasteiger partial charge on any atom is 0.259 e. The highest BCUT2D eigenvalue weighted by Gasteiger charge is 2.02. The Balaban J connectivity index is 1.97. The highest BCUT2D eigenvalue weighted by Crippen LogP contribution is 2.26. The second-order valence-electron chi connectivity index (χ2n) is 4.73. The number of para-hydroxylation sites is 1. The summed E-state index contributed by atoms with van der Waals surface area (Å²) in [5.74, 6) is 0.940. The molecule has 3 rings (SSSR count). The van der Waals surface area contributed by atoms with Gasteiger partial charge in [0.05, 0.1) is 18.0 Å². The zero-order valence-electron chi connectivity index (χ0n) is 11.9. The van der Waals surface area contributed by atoms with Crippen molar-refractivity contribution in [3.05, 3.63) is 64.2 Å². The van der Waals surface area contributed by atoms with E-state index in [1.54, 1.807) is 48.6 Å². The molecule has 0 bridgehead atoms. The summed E-state index contributed by atoms with van der Waals surface area (Å²) in [4.78, 5) is 19.1. The number of H-pyrrole nitrogens is 1. The highest BCUT2D eigenvalue weighted by atomic mass is 16.5. The molecule has 1 aromatic heterocycles. The minimum Gasteiger partial charge on any atom is -0.504 e. The van der Waals surface area contributed by atoms with Crippen LogP contribution in [-0.2, 0) is 0 Å². The molecule has 110 valence electrons. The van der Waals surface area contributed by atoms with Crippen LogP contribution in [0.2, 0.25) is 0 Å². The van der Waals surface area contributed by atoms with Crippen molar-refractivity contribution in [3.8, 4) is 11.5 Å². The maximum absolute atomic E-state index is 12.0. The van der Waals surface area contributed by atoms with Crippen LogP contribution in [0.1, 0.15) is 11.4 Å². The zero-order chi connectivity index (χ0) is 15.5. The number of benzene rings is 2. The molecule has 0 aliphatic rings. The molecule has 1 heterocycles. The van der Waals surface area contributed by atoms with Gasteiger partial charge >= 0.3 is 0 Å². The number of ether oxygens (including phenoxy) is 1. The monoisotopic (exact) mass is 294 g/mol. The van der Waals surface area contributed by atoms with E-state index >= 15 is 0 Å². The number of aromatic nitrogens is 2. The summed E-state index contributed by atoms with van der Waals surface area (Å²) in [5.41, 5.74) is 1.30. The number of phenolic OH excluding ortho intramolecular Hbond substituents is 1. The fourth-order valence-corrected chi connectivity index (χ4v) is 2.16. The molecule has 0 aliphatic heterocycles. The Bertz CT molecular complexity index is 913. The molecular formula is C17H14N2O3. The first-order valence-electron chi connectivity index (χ1n) is 6.71. The summed E-state index contributed by atoms with van der Waals surface area (Å²) in [7, 11) is 1.49. The van der Waals surface area contributed by atoms with Crippen LogP contribution in [0.25, 0.3) is 23.1 Å². The number of aromatic hydroxyl groups is 1. The van der Waals surface area contributed by atoms with Crippen LogP contribution >= 0.6 is 0 Å². The predicted molar refractivity (Wildman–Crippen MR) is 86.0 cm³/mol. The smallest absolute Gasteiger partial charge is 0.259 e. The Kier molecular flexibility index (Phi) is 3.62. The lowest BCUT2D eigenvalue weighted by atomic mass is 10.2. The van der Waals surface area contributed by atoms with Crippen LogP contribution in [0.5, 0.6) is 11.5 Å². The molecule has 5 nitrogen and oxygen atoms in total. The Morgan fingerprint density at radius 3 is 2.82 bits per heavy atom. The van der Waals surface area contributed by atoms with Crippen molar-refractivity contribution in [2.45, 2.75) is 0 Å². The summed E-state index contributed by atoms with van der Waals surface area (Å²) < 4.78 is 5.06. The number of hydrogen-bond acceptors (Lipinski definition) is 4. The number of aromatic amines is 1. The van der Waals surface area contributed by atoms with Crippen molar-refractivity contribution >= 4 is 23.1 Å². The topological polar surface area (TPSA) is 75.2 Å². The minimum absolute atomic E-state index is 0.0805. The Morgan fingerprint density at radius 2 is 2.00 bits per heavy atom. The summed E-state index contributed by atoms with van der Waals surface area (Å²) in [6, 6.07) is 12.2. The molecular weight excluding hydrogens is 280 g/mol. The molecule has 22 heavy (non-hydrogen) atoms. The lowest BCUT2D eigenvalue weighted by Crippen LogP contribution is -2.09. The maximum atomic E-state index is 12.0. The van der Waals surface area contributed by atoms with Crippen molar-refractivity contribution in [1.82, 2.24) is 9.97 Å². The lowest BCUT2D eigenvalue weighted by Gasteiger charge is -2.03. The highest BCUT2D eigenvalue weighted by molar-refractivity contribution is 5.79. The van der Waals surface area contributed by atoms with E-state index in [2.05, 4.69) is 9.97 Å². The van der Waals surface area contributed by atoms with Crippen LogP contribution in [-0.4, -0.2) is 22.2 Å². The molecule has 5 heteroatoms. The Labute approximate surface area is 126 Å². The van der Waals surface area contributed by atoms with Gasteiger partial charge in [-0.25, -0.2) is 4.98 Å². The number of fused-ring (bicyclic) bond motifs is 1. The number of hydrogen-bond donors (Lipinski definition) is 2. The van der Waals surface area contributed by atoms with Gasteiger partial charge in [-0.2, -0.15) is 0 Å². The number of nitrogens with one attached hydrogen (secondary N) is 1. The van der Waals surface area contributed by atoms with Crippen LogP contribution < -0.4 is 10.3 Å². The molecule has 0 radical (unpaired) electrons.